The molecule has 0 bridgehead atoms. The minimum absolute atomic E-state index is 0.0707. The van der Waals surface area contributed by atoms with Gasteiger partial charge in [-0.3, -0.25) is 0 Å². The van der Waals surface area contributed by atoms with Crippen LogP contribution in [0.5, 0.6) is 5.95 Å². The Kier molecular flexibility index (Phi) is 1.92. The molecule has 0 saturated heterocycles. The first-order valence-electron chi connectivity index (χ1n) is 2.23. The zero-order valence-electron chi connectivity index (χ0n) is 4.40. The molecule has 0 aliphatic heterocycles. The van der Waals surface area contributed by atoms with Crippen molar-refractivity contribution in [1.29, 1.82) is 0 Å². The molecule has 1 unspecified atom stereocenters. The van der Waals surface area contributed by atoms with Gasteiger partial charge in [0.25, 0.3) is 5.95 Å². The Morgan fingerprint density at radius 1 is 1.78 bits per heavy atom. The summed E-state index contributed by atoms with van der Waals surface area (Å²) in [6.45, 7) is 0. The Labute approximate surface area is 52.0 Å². The molecule has 0 aliphatic rings. The number of hydrogen-bond donors (Lipinski definition) is 1. The van der Waals surface area contributed by atoms with Crippen LogP contribution in [0.1, 0.15) is 0 Å². The molecule has 1 aromatic heterocycles. The van der Waals surface area contributed by atoms with E-state index >= 15 is 0 Å². The largest absolute Gasteiger partial charge is 0.434 e. The predicted octanol–water partition coefficient (Wildman–Crippen LogP) is 1.04. The molecule has 1 N–H and O–H groups in total. The van der Waals surface area contributed by atoms with Gasteiger partial charge in [-0.05, 0) is 6.07 Å². The molecule has 0 radical (unpaired) electrons. The highest BCUT2D eigenvalue weighted by atomic mass is 31.1. The Morgan fingerprint density at radius 2 is 2.56 bits per heavy atom. The van der Waals surface area contributed by atoms with Crippen LogP contribution in [0, 0.1) is 0 Å². The lowest BCUT2D eigenvalue weighted by atomic mass is 10.7. The SMILES string of the molecule is O=[PH](O)Oc1ccco1. The number of rotatable bonds is 2. The van der Waals surface area contributed by atoms with E-state index in [1.807, 2.05) is 0 Å². The Bertz CT molecular complexity index is 192. The lowest BCUT2D eigenvalue weighted by molar-refractivity contribution is 0.347. The van der Waals surface area contributed by atoms with Crippen molar-refractivity contribution in [3.8, 4) is 5.95 Å². The van der Waals surface area contributed by atoms with Crippen molar-refractivity contribution in [3.63, 3.8) is 0 Å². The van der Waals surface area contributed by atoms with E-state index in [0.717, 1.165) is 0 Å². The van der Waals surface area contributed by atoms with E-state index in [1.54, 1.807) is 6.07 Å². The summed E-state index contributed by atoms with van der Waals surface area (Å²) in [7, 11) is -2.90. The van der Waals surface area contributed by atoms with Gasteiger partial charge in [0, 0.05) is 6.07 Å². The third kappa shape index (κ3) is 1.91. The second-order valence-electron chi connectivity index (χ2n) is 1.30. The highest BCUT2D eigenvalue weighted by Crippen LogP contribution is 2.22. The van der Waals surface area contributed by atoms with Gasteiger partial charge >= 0.3 is 8.25 Å². The van der Waals surface area contributed by atoms with Gasteiger partial charge in [0.1, 0.15) is 0 Å². The van der Waals surface area contributed by atoms with Crippen molar-refractivity contribution < 1.29 is 18.4 Å². The topological polar surface area (TPSA) is 59.7 Å². The van der Waals surface area contributed by atoms with Crippen LogP contribution >= 0.6 is 8.25 Å². The third-order valence-corrected chi connectivity index (χ3v) is 1.06. The standard InChI is InChI=1S/C4H5O4P/c5-9(6)8-4-2-1-3-7-4/h1-3,9H,(H,5,6). The fraction of sp³-hybridized carbons (Fsp3) is 0. The maximum atomic E-state index is 9.97. The summed E-state index contributed by atoms with van der Waals surface area (Å²) in [6, 6.07) is 3.03. The summed E-state index contributed by atoms with van der Waals surface area (Å²) in [6.07, 6.45) is 1.36. The van der Waals surface area contributed by atoms with E-state index in [4.69, 9.17) is 4.89 Å². The van der Waals surface area contributed by atoms with Crippen molar-refractivity contribution >= 4 is 8.25 Å². The first kappa shape index (κ1) is 6.39. The molecule has 1 atom stereocenters. The van der Waals surface area contributed by atoms with Crippen molar-refractivity contribution in [1.82, 2.24) is 0 Å². The van der Waals surface area contributed by atoms with Gasteiger partial charge in [-0.15, -0.1) is 0 Å². The number of hydrogen-bond acceptors (Lipinski definition) is 3. The quantitative estimate of drug-likeness (QED) is 0.636. The zero-order valence-corrected chi connectivity index (χ0v) is 5.40. The van der Waals surface area contributed by atoms with E-state index < -0.39 is 8.25 Å². The van der Waals surface area contributed by atoms with Gasteiger partial charge in [-0.25, -0.2) is 4.57 Å². The molecule has 5 heteroatoms. The van der Waals surface area contributed by atoms with Crippen LogP contribution in [-0.2, 0) is 4.57 Å². The van der Waals surface area contributed by atoms with Crippen LogP contribution in [0.25, 0.3) is 0 Å². The van der Waals surface area contributed by atoms with Crippen LogP contribution < -0.4 is 4.52 Å². The lowest BCUT2D eigenvalue weighted by Crippen LogP contribution is -1.73. The molecule has 1 heterocycles. The fourth-order valence-electron chi connectivity index (χ4n) is 0.408. The van der Waals surface area contributed by atoms with E-state index in [0.29, 0.717) is 0 Å². The van der Waals surface area contributed by atoms with Gasteiger partial charge in [0.05, 0.1) is 6.26 Å². The van der Waals surface area contributed by atoms with Gasteiger partial charge in [-0.1, -0.05) is 0 Å². The average molecular weight is 148 g/mol. The fourth-order valence-corrected chi connectivity index (χ4v) is 0.696. The molecular weight excluding hydrogens is 143 g/mol. The molecular formula is C4H5O4P. The monoisotopic (exact) mass is 148 g/mol. The van der Waals surface area contributed by atoms with E-state index in [-0.39, 0.29) is 5.95 Å². The van der Waals surface area contributed by atoms with Gasteiger partial charge in [-0.2, -0.15) is 0 Å². The highest BCUT2D eigenvalue weighted by molar-refractivity contribution is 7.32. The molecule has 0 aliphatic carbocycles. The first-order chi connectivity index (χ1) is 4.29. The molecule has 0 spiro atoms. The molecule has 0 aromatic carbocycles. The van der Waals surface area contributed by atoms with Crippen LogP contribution in [0.3, 0.4) is 0 Å². The predicted molar refractivity (Wildman–Crippen MR) is 30.6 cm³/mol. The molecule has 1 aromatic rings. The van der Waals surface area contributed by atoms with Crippen molar-refractivity contribution in [2.75, 3.05) is 0 Å². The summed E-state index contributed by atoms with van der Waals surface area (Å²) in [5, 5.41) is 0. The number of furan rings is 1. The van der Waals surface area contributed by atoms with Crippen molar-refractivity contribution in [2.45, 2.75) is 0 Å². The lowest BCUT2D eigenvalue weighted by Gasteiger charge is -1.91. The van der Waals surface area contributed by atoms with Gasteiger partial charge < -0.3 is 13.8 Å². The maximum absolute atomic E-state index is 9.97. The summed E-state index contributed by atoms with van der Waals surface area (Å²) in [5.74, 6) is 0.0707. The van der Waals surface area contributed by atoms with Crippen LogP contribution in [0.4, 0.5) is 0 Å². The minimum atomic E-state index is -2.90. The van der Waals surface area contributed by atoms with Crippen LogP contribution in [0.2, 0.25) is 0 Å². The Morgan fingerprint density at radius 3 is 3.00 bits per heavy atom. The normalized spacial score (nSPS) is 13.0. The molecule has 9 heavy (non-hydrogen) atoms. The summed E-state index contributed by atoms with van der Waals surface area (Å²) in [4.78, 5) is 8.19. The average Bonchev–Trinajstić information content (AvgIpc) is 2.15. The van der Waals surface area contributed by atoms with E-state index in [9.17, 15) is 4.57 Å². The van der Waals surface area contributed by atoms with Gasteiger partial charge in [0.2, 0.25) is 0 Å². The van der Waals surface area contributed by atoms with Gasteiger partial charge in [0.15, 0.2) is 0 Å². The van der Waals surface area contributed by atoms with Crippen molar-refractivity contribution in [2.24, 2.45) is 0 Å². The zero-order chi connectivity index (χ0) is 6.69. The smallest absolute Gasteiger partial charge is 0.367 e. The first-order valence-corrected chi connectivity index (χ1v) is 3.49. The summed E-state index contributed by atoms with van der Waals surface area (Å²) >= 11 is 0. The highest BCUT2D eigenvalue weighted by Gasteiger charge is 1.96. The molecule has 0 fully saturated rings. The second kappa shape index (κ2) is 2.71. The summed E-state index contributed by atoms with van der Waals surface area (Å²) in [5.41, 5.74) is 0. The van der Waals surface area contributed by atoms with Crippen molar-refractivity contribution in [3.05, 3.63) is 18.4 Å². The Hall–Kier alpha value is -0.730. The molecule has 1 rings (SSSR count). The molecule has 0 amide bonds. The van der Waals surface area contributed by atoms with Crippen LogP contribution in [-0.4, -0.2) is 4.89 Å². The molecule has 50 valence electrons. The second-order valence-corrected chi connectivity index (χ2v) is 2.04. The molecule has 0 saturated carbocycles. The minimum Gasteiger partial charge on any atom is -0.434 e. The molecule has 4 nitrogen and oxygen atoms in total. The van der Waals surface area contributed by atoms with Crippen LogP contribution in [0.15, 0.2) is 22.8 Å². The van der Waals surface area contributed by atoms with E-state index in [1.165, 1.54) is 12.3 Å². The maximum Gasteiger partial charge on any atom is 0.367 e. The summed E-state index contributed by atoms with van der Waals surface area (Å²) < 4.78 is 18.8. The van der Waals surface area contributed by atoms with E-state index in [2.05, 4.69) is 8.94 Å². The third-order valence-electron chi connectivity index (χ3n) is 0.683. The Balaban J connectivity index is 2.58.